The van der Waals surface area contributed by atoms with E-state index in [0.717, 1.165) is 31.4 Å². The van der Waals surface area contributed by atoms with Crippen molar-refractivity contribution in [1.29, 1.82) is 0 Å². The summed E-state index contributed by atoms with van der Waals surface area (Å²) < 4.78 is 23.0. The van der Waals surface area contributed by atoms with Crippen LogP contribution in [-0.2, 0) is 33.3 Å². The first-order chi connectivity index (χ1) is 20.3. The second-order valence-electron chi connectivity index (χ2n) is 9.11. The van der Waals surface area contributed by atoms with Gasteiger partial charge in [-0.05, 0) is 34.1 Å². The number of halogens is 1. The Labute approximate surface area is 249 Å². The molecule has 0 radical (unpaired) electrons. The van der Waals surface area contributed by atoms with E-state index in [9.17, 15) is 39.7 Å². The summed E-state index contributed by atoms with van der Waals surface area (Å²) in [5.41, 5.74) is -0.619. The first-order valence-corrected chi connectivity index (χ1v) is 13.1. The van der Waals surface area contributed by atoms with Gasteiger partial charge in [-0.2, -0.15) is 5.11 Å². The number of nitro benzene ring substituents is 2. The zero-order valence-electron chi connectivity index (χ0n) is 22.5. The van der Waals surface area contributed by atoms with Gasteiger partial charge in [-0.3, -0.25) is 39.2 Å². The van der Waals surface area contributed by atoms with Crippen molar-refractivity contribution < 1.29 is 48.3 Å². The van der Waals surface area contributed by atoms with E-state index in [1.807, 2.05) is 0 Å². The van der Waals surface area contributed by atoms with Crippen LogP contribution < -0.4 is 0 Å². The maximum absolute atomic E-state index is 12.1. The number of non-ortho nitro benzene ring substituents is 1. The molecule has 43 heavy (non-hydrogen) atoms. The van der Waals surface area contributed by atoms with Crippen LogP contribution in [0.3, 0.4) is 0 Å². The number of carbonyl (C=O) groups is 3. The Bertz CT molecular complexity index is 1650. The average molecular weight is 664 g/mol. The number of ether oxygens (including phenoxy) is 4. The van der Waals surface area contributed by atoms with Crippen molar-refractivity contribution in [3.8, 4) is 5.88 Å². The van der Waals surface area contributed by atoms with Crippen LogP contribution in [0.2, 0.25) is 0 Å². The van der Waals surface area contributed by atoms with E-state index in [1.165, 1.54) is 30.3 Å². The largest absolute Gasteiger partial charge is 0.493 e. The van der Waals surface area contributed by atoms with Gasteiger partial charge in [0.1, 0.15) is 0 Å². The molecule has 4 rings (SSSR count). The van der Waals surface area contributed by atoms with Crippen molar-refractivity contribution in [1.82, 2.24) is 4.57 Å². The highest BCUT2D eigenvalue weighted by molar-refractivity contribution is 9.10. The van der Waals surface area contributed by atoms with Gasteiger partial charge in [-0.1, -0.05) is 0 Å². The fraction of sp³-hybridized carbons (Fsp3) is 0.320. The second kappa shape index (κ2) is 12.5. The van der Waals surface area contributed by atoms with Crippen molar-refractivity contribution in [3.05, 3.63) is 61.1 Å². The van der Waals surface area contributed by atoms with Crippen LogP contribution >= 0.6 is 15.9 Å². The molecule has 0 amide bonds. The summed E-state index contributed by atoms with van der Waals surface area (Å²) in [4.78, 5) is 57.3. The maximum Gasteiger partial charge on any atom is 0.303 e. The molecule has 2 heterocycles. The summed E-state index contributed by atoms with van der Waals surface area (Å²) >= 11 is 3.14. The lowest BCUT2D eigenvalue weighted by Gasteiger charge is -2.41. The number of azo groups is 1. The molecule has 0 unspecified atom stereocenters. The molecule has 18 heteroatoms. The SMILES string of the molecule is CC(=O)O[C@@H]1[C@H](OC(C)=O)[C@H](OC(C)=O)CO[C@@H]1n1c(O)c(N=Nc2ccc([N+](=O)[O-])cc2)c2cc(Br)c([N+](=O)[O-])cc21. The zero-order chi connectivity index (χ0) is 31.6. The van der Waals surface area contributed by atoms with E-state index in [4.69, 9.17) is 18.9 Å². The van der Waals surface area contributed by atoms with Crippen LogP contribution in [0.5, 0.6) is 5.88 Å². The van der Waals surface area contributed by atoms with E-state index >= 15 is 0 Å². The summed E-state index contributed by atoms with van der Waals surface area (Å²) in [6, 6.07) is 7.45. The Morgan fingerprint density at radius 2 is 1.56 bits per heavy atom. The highest BCUT2D eigenvalue weighted by Gasteiger charge is 2.49. The number of aromatic hydroxyl groups is 1. The number of nitro groups is 2. The fourth-order valence-corrected chi connectivity index (χ4v) is 4.97. The number of carbonyl (C=O) groups excluding carboxylic acids is 3. The van der Waals surface area contributed by atoms with Crippen LogP contribution in [-0.4, -0.2) is 62.3 Å². The van der Waals surface area contributed by atoms with Gasteiger partial charge in [0.05, 0.1) is 32.1 Å². The normalized spacial score (nSPS) is 20.1. The first kappa shape index (κ1) is 31.0. The molecule has 0 spiro atoms. The minimum absolute atomic E-state index is 0.0142. The van der Waals surface area contributed by atoms with E-state index in [-0.39, 0.29) is 32.4 Å². The summed E-state index contributed by atoms with van der Waals surface area (Å²) in [7, 11) is 0. The van der Waals surface area contributed by atoms with Gasteiger partial charge in [0.2, 0.25) is 5.88 Å². The Morgan fingerprint density at radius 1 is 0.953 bits per heavy atom. The molecule has 0 aliphatic carbocycles. The molecule has 1 aliphatic rings. The Morgan fingerprint density at radius 3 is 2.12 bits per heavy atom. The Kier molecular flexibility index (Phi) is 9.00. The molecule has 226 valence electrons. The van der Waals surface area contributed by atoms with Crippen LogP contribution in [0.25, 0.3) is 10.9 Å². The minimum atomic E-state index is -1.52. The van der Waals surface area contributed by atoms with Crippen molar-refractivity contribution in [3.63, 3.8) is 0 Å². The van der Waals surface area contributed by atoms with Gasteiger partial charge < -0.3 is 24.1 Å². The monoisotopic (exact) mass is 663 g/mol. The lowest BCUT2D eigenvalue weighted by Crippen LogP contribution is -2.55. The average Bonchev–Trinajstić information content (AvgIpc) is 3.18. The van der Waals surface area contributed by atoms with E-state index in [2.05, 4.69) is 26.2 Å². The van der Waals surface area contributed by atoms with Crippen molar-refractivity contribution in [2.45, 2.75) is 45.3 Å². The molecule has 3 aromatic rings. The number of esters is 3. The maximum atomic E-state index is 12.1. The van der Waals surface area contributed by atoms with Crippen LogP contribution in [0, 0.1) is 20.2 Å². The fourth-order valence-electron chi connectivity index (χ4n) is 4.48. The lowest BCUT2D eigenvalue weighted by atomic mass is 10.0. The Balaban J connectivity index is 1.91. The highest BCUT2D eigenvalue weighted by atomic mass is 79.9. The quantitative estimate of drug-likeness (QED) is 0.114. The molecule has 1 N–H and O–H groups in total. The molecule has 17 nitrogen and oxygen atoms in total. The standard InChI is InChI=1S/C25H22BrN5O12/c1-11(32)41-20-10-40-25(23(43-13(3)34)22(20)42-12(2)33)29-18-9-19(31(38)39)17(26)8-16(18)21(24(29)35)28-27-14-4-6-15(7-5-14)30(36)37/h4-9,20,22-23,25,35H,10H2,1-3H3/t20-,22-,23-,25+/m1/s1. The molecule has 1 aliphatic heterocycles. The van der Waals surface area contributed by atoms with Crippen molar-refractivity contribution >= 4 is 67.5 Å². The van der Waals surface area contributed by atoms with Gasteiger partial charge >= 0.3 is 17.9 Å². The van der Waals surface area contributed by atoms with Gasteiger partial charge in [0.25, 0.3) is 11.4 Å². The summed E-state index contributed by atoms with van der Waals surface area (Å²) in [5, 5.41) is 42.4. The number of nitrogens with zero attached hydrogens (tertiary/aromatic N) is 5. The number of aromatic nitrogens is 1. The molecule has 0 saturated carbocycles. The first-order valence-electron chi connectivity index (χ1n) is 12.3. The smallest absolute Gasteiger partial charge is 0.303 e. The topological polar surface area (TPSA) is 224 Å². The number of benzene rings is 2. The summed E-state index contributed by atoms with van der Waals surface area (Å²) in [6.07, 6.45) is -5.62. The van der Waals surface area contributed by atoms with Crippen LogP contribution in [0.4, 0.5) is 22.7 Å². The molecule has 2 aromatic carbocycles. The van der Waals surface area contributed by atoms with Gasteiger partial charge in [-0.15, -0.1) is 5.11 Å². The molecular weight excluding hydrogens is 642 g/mol. The number of hydrogen-bond donors (Lipinski definition) is 1. The minimum Gasteiger partial charge on any atom is -0.493 e. The third-order valence-corrected chi connectivity index (χ3v) is 6.76. The zero-order valence-corrected chi connectivity index (χ0v) is 24.1. The molecule has 1 aromatic heterocycles. The van der Waals surface area contributed by atoms with Crippen molar-refractivity contribution in [2.75, 3.05) is 6.61 Å². The second-order valence-corrected chi connectivity index (χ2v) is 9.97. The number of fused-ring (bicyclic) bond motifs is 1. The summed E-state index contributed by atoms with van der Waals surface area (Å²) in [6.45, 7) is 2.87. The lowest BCUT2D eigenvalue weighted by molar-refractivity contribution is -0.385. The molecular formula is C25H22BrN5O12. The molecule has 1 fully saturated rings. The molecule has 0 bridgehead atoms. The van der Waals surface area contributed by atoms with E-state index < -0.39 is 70.5 Å². The van der Waals surface area contributed by atoms with E-state index in [1.54, 1.807) is 0 Å². The highest BCUT2D eigenvalue weighted by Crippen LogP contribution is 2.47. The number of rotatable bonds is 8. The summed E-state index contributed by atoms with van der Waals surface area (Å²) in [5.74, 6) is -3.03. The predicted molar refractivity (Wildman–Crippen MR) is 147 cm³/mol. The Hall–Kier alpha value is -4.97. The predicted octanol–water partition coefficient (Wildman–Crippen LogP) is 4.67. The molecule has 4 atom stereocenters. The van der Waals surface area contributed by atoms with Crippen molar-refractivity contribution in [2.24, 2.45) is 10.2 Å². The van der Waals surface area contributed by atoms with Gasteiger partial charge in [0.15, 0.2) is 30.2 Å². The molecule has 1 saturated heterocycles. The number of hydrogen-bond acceptors (Lipinski definition) is 14. The van der Waals surface area contributed by atoms with E-state index in [0.29, 0.717) is 0 Å². The third-order valence-electron chi connectivity index (χ3n) is 6.12. The van der Waals surface area contributed by atoms with Gasteiger partial charge in [0, 0.05) is 44.4 Å². The van der Waals surface area contributed by atoms with Crippen LogP contribution in [0.1, 0.15) is 27.0 Å². The van der Waals surface area contributed by atoms with Crippen LogP contribution in [0.15, 0.2) is 51.1 Å². The van der Waals surface area contributed by atoms with Gasteiger partial charge in [-0.25, -0.2) is 0 Å². The third kappa shape index (κ3) is 6.59.